The molecular formula is C17H17N3O2. The van der Waals surface area contributed by atoms with Crippen LogP contribution in [0.15, 0.2) is 65.3 Å². The van der Waals surface area contributed by atoms with Crippen molar-refractivity contribution in [2.45, 2.75) is 13.2 Å². The SMILES string of the molecule is NCc1coc(Nc2ccc(OCc3ccccc3)cc2)n1. The molecule has 0 amide bonds. The molecule has 0 saturated heterocycles. The van der Waals surface area contributed by atoms with Gasteiger partial charge in [-0.15, -0.1) is 0 Å². The Bertz CT molecular complexity index is 708. The second-order valence-corrected chi connectivity index (χ2v) is 4.77. The van der Waals surface area contributed by atoms with Gasteiger partial charge in [0.15, 0.2) is 0 Å². The molecule has 3 N–H and O–H groups in total. The largest absolute Gasteiger partial charge is 0.489 e. The molecule has 0 saturated carbocycles. The molecule has 3 aromatic rings. The highest BCUT2D eigenvalue weighted by atomic mass is 16.5. The lowest BCUT2D eigenvalue weighted by Crippen LogP contribution is -1.97. The van der Waals surface area contributed by atoms with Gasteiger partial charge in [0.25, 0.3) is 6.01 Å². The number of rotatable bonds is 6. The van der Waals surface area contributed by atoms with E-state index in [1.54, 1.807) is 6.26 Å². The van der Waals surface area contributed by atoms with Crippen molar-refractivity contribution in [2.75, 3.05) is 5.32 Å². The predicted octanol–water partition coefficient (Wildman–Crippen LogP) is 3.46. The van der Waals surface area contributed by atoms with Crippen LogP contribution in [0.25, 0.3) is 0 Å². The van der Waals surface area contributed by atoms with Crippen molar-refractivity contribution in [2.24, 2.45) is 5.73 Å². The summed E-state index contributed by atoms with van der Waals surface area (Å²) in [6.07, 6.45) is 1.54. The van der Waals surface area contributed by atoms with E-state index >= 15 is 0 Å². The average Bonchev–Trinajstić information content (AvgIpc) is 3.03. The first-order valence-corrected chi connectivity index (χ1v) is 7.02. The van der Waals surface area contributed by atoms with Gasteiger partial charge in [-0.2, -0.15) is 4.98 Å². The fourth-order valence-corrected chi connectivity index (χ4v) is 1.96. The lowest BCUT2D eigenvalue weighted by molar-refractivity contribution is 0.306. The third-order valence-corrected chi connectivity index (χ3v) is 3.11. The molecule has 22 heavy (non-hydrogen) atoms. The van der Waals surface area contributed by atoms with Gasteiger partial charge in [0.1, 0.15) is 18.6 Å². The molecule has 0 radical (unpaired) electrons. The standard InChI is InChI=1S/C17H17N3O2/c18-10-15-12-22-17(20-15)19-14-6-8-16(9-7-14)21-11-13-4-2-1-3-5-13/h1-9,12H,10-11,18H2,(H,19,20). The van der Waals surface area contributed by atoms with E-state index in [9.17, 15) is 0 Å². The van der Waals surface area contributed by atoms with Gasteiger partial charge < -0.3 is 20.2 Å². The fraction of sp³-hybridized carbons (Fsp3) is 0.118. The molecule has 2 aromatic carbocycles. The van der Waals surface area contributed by atoms with Crippen LogP contribution < -0.4 is 15.8 Å². The summed E-state index contributed by atoms with van der Waals surface area (Å²) in [4.78, 5) is 4.19. The van der Waals surface area contributed by atoms with Gasteiger partial charge in [-0.25, -0.2) is 0 Å². The summed E-state index contributed by atoms with van der Waals surface area (Å²) in [5.74, 6) is 0.810. The van der Waals surface area contributed by atoms with Crippen LogP contribution >= 0.6 is 0 Å². The number of nitrogens with two attached hydrogens (primary N) is 1. The monoisotopic (exact) mass is 295 g/mol. The van der Waals surface area contributed by atoms with Crippen LogP contribution in [-0.2, 0) is 13.2 Å². The van der Waals surface area contributed by atoms with Crippen LogP contribution in [0.4, 0.5) is 11.7 Å². The van der Waals surface area contributed by atoms with Gasteiger partial charge in [-0.3, -0.25) is 0 Å². The van der Waals surface area contributed by atoms with Crippen molar-refractivity contribution in [1.29, 1.82) is 0 Å². The number of aromatic nitrogens is 1. The van der Waals surface area contributed by atoms with Crippen molar-refractivity contribution in [3.63, 3.8) is 0 Å². The minimum atomic E-state index is 0.359. The molecule has 0 spiro atoms. The second kappa shape index (κ2) is 6.78. The van der Waals surface area contributed by atoms with Gasteiger partial charge in [-0.05, 0) is 29.8 Å². The fourth-order valence-electron chi connectivity index (χ4n) is 1.96. The van der Waals surface area contributed by atoms with E-state index in [4.69, 9.17) is 14.9 Å². The minimum absolute atomic E-state index is 0.359. The first-order valence-electron chi connectivity index (χ1n) is 7.02. The lowest BCUT2D eigenvalue weighted by atomic mass is 10.2. The summed E-state index contributed by atoms with van der Waals surface area (Å²) < 4.78 is 11.0. The molecule has 3 rings (SSSR count). The molecular weight excluding hydrogens is 278 g/mol. The maximum atomic E-state index is 5.74. The molecule has 0 bridgehead atoms. The Morgan fingerprint density at radius 2 is 1.82 bits per heavy atom. The highest BCUT2D eigenvalue weighted by Crippen LogP contribution is 2.20. The first-order chi connectivity index (χ1) is 10.8. The summed E-state index contributed by atoms with van der Waals surface area (Å²) in [6, 6.07) is 18.1. The molecule has 0 atom stereocenters. The number of anilines is 2. The van der Waals surface area contributed by atoms with E-state index in [0.717, 1.165) is 17.0 Å². The van der Waals surface area contributed by atoms with E-state index in [-0.39, 0.29) is 0 Å². The van der Waals surface area contributed by atoms with Gasteiger partial charge in [-0.1, -0.05) is 30.3 Å². The van der Waals surface area contributed by atoms with Gasteiger partial charge in [0, 0.05) is 12.2 Å². The molecule has 5 heteroatoms. The molecule has 1 aromatic heterocycles. The lowest BCUT2D eigenvalue weighted by Gasteiger charge is -2.07. The summed E-state index contributed by atoms with van der Waals surface area (Å²) in [6.45, 7) is 0.907. The Balaban J connectivity index is 1.58. The van der Waals surface area contributed by atoms with Crippen LogP contribution in [0.5, 0.6) is 5.75 Å². The van der Waals surface area contributed by atoms with Crippen molar-refractivity contribution >= 4 is 11.7 Å². The van der Waals surface area contributed by atoms with Crippen LogP contribution in [-0.4, -0.2) is 4.98 Å². The van der Waals surface area contributed by atoms with Crippen LogP contribution in [0.3, 0.4) is 0 Å². The summed E-state index contributed by atoms with van der Waals surface area (Å²) in [7, 11) is 0. The smallest absolute Gasteiger partial charge is 0.299 e. The zero-order valence-corrected chi connectivity index (χ0v) is 12.0. The van der Waals surface area contributed by atoms with E-state index in [1.165, 1.54) is 0 Å². The number of ether oxygens (including phenoxy) is 1. The summed E-state index contributed by atoms with van der Waals surface area (Å²) in [5.41, 5.74) is 8.21. The van der Waals surface area contributed by atoms with Gasteiger partial charge >= 0.3 is 0 Å². The van der Waals surface area contributed by atoms with Crippen LogP contribution in [0.1, 0.15) is 11.3 Å². The Hall–Kier alpha value is -2.79. The third-order valence-electron chi connectivity index (χ3n) is 3.11. The maximum absolute atomic E-state index is 5.74. The van der Waals surface area contributed by atoms with Gasteiger partial charge in [0.2, 0.25) is 0 Å². The number of benzene rings is 2. The minimum Gasteiger partial charge on any atom is -0.489 e. The van der Waals surface area contributed by atoms with E-state index in [0.29, 0.717) is 24.9 Å². The Morgan fingerprint density at radius 1 is 1.05 bits per heavy atom. The zero-order valence-electron chi connectivity index (χ0n) is 12.0. The molecule has 0 aliphatic rings. The topological polar surface area (TPSA) is 73.3 Å². The number of nitrogens with one attached hydrogen (secondary N) is 1. The molecule has 0 fully saturated rings. The van der Waals surface area contributed by atoms with Crippen molar-refractivity contribution < 1.29 is 9.15 Å². The molecule has 5 nitrogen and oxygen atoms in total. The second-order valence-electron chi connectivity index (χ2n) is 4.77. The molecule has 1 heterocycles. The Kier molecular flexibility index (Phi) is 4.36. The van der Waals surface area contributed by atoms with E-state index in [2.05, 4.69) is 10.3 Å². The Labute approximate surface area is 128 Å². The highest BCUT2D eigenvalue weighted by molar-refractivity contribution is 5.53. The van der Waals surface area contributed by atoms with Crippen molar-refractivity contribution in [1.82, 2.24) is 4.98 Å². The maximum Gasteiger partial charge on any atom is 0.299 e. The number of oxazole rings is 1. The normalized spacial score (nSPS) is 10.4. The first kappa shape index (κ1) is 14.2. The van der Waals surface area contributed by atoms with E-state index in [1.807, 2.05) is 54.6 Å². The predicted molar refractivity (Wildman–Crippen MR) is 84.9 cm³/mol. The highest BCUT2D eigenvalue weighted by Gasteiger charge is 2.03. The molecule has 0 aliphatic carbocycles. The van der Waals surface area contributed by atoms with Gasteiger partial charge in [0.05, 0.1) is 5.69 Å². The number of hydrogen-bond acceptors (Lipinski definition) is 5. The van der Waals surface area contributed by atoms with Crippen molar-refractivity contribution in [3.8, 4) is 5.75 Å². The Morgan fingerprint density at radius 3 is 2.50 bits per heavy atom. The zero-order chi connectivity index (χ0) is 15.2. The molecule has 112 valence electrons. The summed E-state index contributed by atoms with van der Waals surface area (Å²) in [5, 5.41) is 3.07. The number of nitrogens with zero attached hydrogens (tertiary/aromatic N) is 1. The third kappa shape index (κ3) is 3.65. The summed E-state index contributed by atoms with van der Waals surface area (Å²) >= 11 is 0. The quantitative estimate of drug-likeness (QED) is 0.728. The van der Waals surface area contributed by atoms with Crippen LogP contribution in [0.2, 0.25) is 0 Å². The average molecular weight is 295 g/mol. The molecule has 0 aliphatic heterocycles. The number of hydrogen-bond donors (Lipinski definition) is 2. The van der Waals surface area contributed by atoms with E-state index < -0.39 is 0 Å². The van der Waals surface area contributed by atoms with Crippen molar-refractivity contribution in [3.05, 3.63) is 72.1 Å². The molecule has 0 unspecified atom stereocenters. The van der Waals surface area contributed by atoms with Crippen LogP contribution in [0, 0.1) is 0 Å².